The molecule has 0 aliphatic carbocycles. The first-order chi connectivity index (χ1) is 9.44. The Morgan fingerprint density at radius 1 is 1.25 bits per heavy atom. The van der Waals surface area contributed by atoms with Gasteiger partial charge in [-0.15, -0.1) is 11.3 Å². The standard InChI is InChI=1S/C16H22N2OS/c1-5-13-15(16(2,3)17)20-14(18-13)10-11-6-8-12(19-4)9-7-11/h6-9H,5,10,17H2,1-4H3. The summed E-state index contributed by atoms with van der Waals surface area (Å²) in [6.45, 7) is 6.20. The number of ether oxygens (including phenoxy) is 1. The third-order valence-electron chi connectivity index (χ3n) is 3.18. The van der Waals surface area contributed by atoms with E-state index in [1.807, 2.05) is 26.0 Å². The molecule has 0 unspecified atom stereocenters. The number of rotatable bonds is 5. The first-order valence-corrected chi connectivity index (χ1v) is 7.66. The molecule has 1 aromatic carbocycles. The third kappa shape index (κ3) is 3.38. The number of nitrogens with two attached hydrogens (primary N) is 1. The molecule has 2 aromatic rings. The fraction of sp³-hybridized carbons (Fsp3) is 0.438. The maximum atomic E-state index is 6.23. The van der Waals surface area contributed by atoms with Gasteiger partial charge in [0, 0.05) is 16.8 Å². The largest absolute Gasteiger partial charge is 0.497 e. The van der Waals surface area contributed by atoms with Gasteiger partial charge in [-0.1, -0.05) is 19.1 Å². The van der Waals surface area contributed by atoms with E-state index < -0.39 is 0 Å². The monoisotopic (exact) mass is 290 g/mol. The van der Waals surface area contributed by atoms with Crippen molar-refractivity contribution in [3.05, 3.63) is 45.4 Å². The maximum Gasteiger partial charge on any atom is 0.118 e. The molecule has 2 rings (SSSR count). The van der Waals surface area contributed by atoms with E-state index in [1.165, 1.54) is 10.4 Å². The van der Waals surface area contributed by atoms with Gasteiger partial charge < -0.3 is 10.5 Å². The van der Waals surface area contributed by atoms with Crippen molar-refractivity contribution >= 4 is 11.3 Å². The van der Waals surface area contributed by atoms with Crippen LogP contribution in [0.3, 0.4) is 0 Å². The molecule has 1 heterocycles. The lowest BCUT2D eigenvalue weighted by Gasteiger charge is -2.17. The molecule has 3 nitrogen and oxygen atoms in total. The molecule has 4 heteroatoms. The van der Waals surface area contributed by atoms with E-state index in [-0.39, 0.29) is 5.54 Å². The van der Waals surface area contributed by atoms with Crippen LogP contribution >= 0.6 is 11.3 Å². The number of methoxy groups -OCH3 is 1. The quantitative estimate of drug-likeness (QED) is 0.917. The van der Waals surface area contributed by atoms with Gasteiger partial charge in [0.25, 0.3) is 0 Å². The molecule has 0 saturated heterocycles. The van der Waals surface area contributed by atoms with Crippen molar-refractivity contribution in [3.63, 3.8) is 0 Å². The minimum absolute atomic E-state index is 0.318. The predicted octanol–water partition coefficient (Wildman–Crippen LogP) is 3.50. The summed E-state index contributed by atoms with van der Waals surface area (Å²) in [4.78, 5) is 5.94. The molecule has 0 aliphatic rings. The van der Waals surface area contributed by atoms with E-state index in [2.05, 4.69) is 19.1 Å². The van der Waals surface area contributed by atoms with Crippen molar-refractivity contribution in [2.45, 2.75) is 39.2 Å². The summed E-state index contributed by atoms with van der Waals surface area (Å²) in [5.74, 6) is 0.880. The van der Waals surface area contributed by atoms with Gasteiger partial charge in [0.1, 0.15) is 5.75 Å². The van der Waals surface area contributed by atoms with E-state index in [9.17, 15) is 0 Å². The third-order valence-corrected chi connectivity index (χ3v) is 4.61. The zero-order chi connectivity index (χ0) is 14.8. The van der Waals surface area contributed by atoms with Crippen LogP contribution in [0.1, 0.15) is 41.9 Å². The smallest absolute Gasteiger partial charge is 0.118 e. The van der Waals surface area contributed by atoms with Crippen LogP contribution in [0, 0.1) is 0 Å². The number of hydrogen-bond acceptors (Lipinski definition) is 4. The maximum absolute atomic E-state index is 6.23. The van der Waals surface area contributed by atoms with E-state index in [1.54, 1.807) is 18.4 Å². The highest BCUT2D eigenvalue weighted by molar-refractivity contribution is 7.11. The Kier molecular flexibility index (Phi) is 4.45. The minimum Gasteiger partial charge on any atom is -0.497 e. The molecular weight excluding hydrogens is 268 g/mol. The second-order valence-electron chi connectivity index (χ2n) is 5.48. The molecule has 2 N–H and O–H groups in total. The number of aromatic nitrogens is 1. The number of benzene rings is 1. The van der Waals surface area contributed by atoms with E-state index in [0.717, 1.165) is 29.3 Å². The lowest BCUT2D eigenvalue weighted by atomic mass is 10.0. The van der Waals surface area contributed by atoms with Gasteiger partial charge in [0.15, 0.2) is 0 Å². The number of thiazole rings is 1. The average Bonchev–Trinajstić information content (AvgIpc) is 2.83. The van der Waals surface area contributed by atoms with Gasteiger partial charge in [-0.3, -0.25) is 0 Å². The van der Waals surface area contributed by atoms with E-state index in [0.29, 0.717) is 0 Å². The van der Waals surface area contributed by atoms with Crippen LogP contribution < -0.4 is 10.5 Å². The van der Waals surface area contributed by atoms with Gasteiger partial charge >= 0.3 is 0 Å². The fourth-order valence-electron chi connectivity index (χ4n) is 2.14. The normalized spacial score (nSPS) is 11.7. The average molecular weight is 290 g/mol. The van der Waals surface area contributed by atoms with E-state index >= 15 is 0 Å². The summed E-state index contributed by atoms with van der Waals surface area (Å²) in [5, 5.41) is 1.13. The lowest BCUT2D eigenvalue weighted by molar-refractivity contribution is 0.414. The SMILES string of the molecule is CCc1nc(Cc2ccc(OC)cc2)sc1C(C)(C)N. The fourth-order valence-corrected chi connectivity index (χ4v) is 3.34. The number of nitrogens with zero attached hydrogens (tertiary/aromatic N) is 1. The van der Waals surface area contributed by atoms with Crippen LogP contribution in [0.25, 0.3) is 0 Å². The molecule has 108 valence electrons. The van der Waals surface area contributed by atoms with Crippen LogP contribution in [0.5, 0.6) is 5.75 Å². The predicted molar refractivity (Wildman–Crippen MR) is 84.5 cm³/mol. The Labute approximate surface area is 124 Å². The molecule has 20 heavy (non-hydrogen) atoms. The molecule has 0 saturated carbocycles. The molecule has 1 aromatic heterocycles. The first-order valence-electron chi connectivity index (χ1n) is 6.85. The summed E-state index contributed by atoms with van der Waals surface area (Å²) in [6, 6.07) is 8.13. The number of hydrogen-bond donors (Lipinski definition) is 1. The zero-order valence-corrected chi connectivity index (χ0v) is 13.4. The zero-order valence-electron chi connectivity index (χ0n) is 12.6. The highest BCUT2D eigenvalue weighted by Crippen LogP contribution is 2.30. The van der Waals surface area contributed by atoms with Crippen molar-refractivity contribution in [2.75, 3.05) is 7.11 Å². The van der Waals surface area contributed by atoms with Crippen LogP contribution in [-0.2, 0) is 18.4 Å². The van der Waals surface area contributed by atoms with Crippen LogP contribution in [-0.4, -0.2) is 12.1 Å². The second-order valence-corrected chi connectivity index (χ2v) is 6.57. The molecular formula is C16H22N2OS. The molecule has 0 radical (unpaired) electrons. The highest BCUT2D eigenvalue weighted by Gasteiger charge is 2.22. The Hall–Kier alpha value is -1.39. The van der Waals surface area contributed by atoms with Gasteiger partial charge in [-0.05, 0) is 38.0 Å². The van der Waals surface area contributed by atoms with Crippen molar-refractivity contribution < 1.29 is 4.74 Å². The van der Waals surface area contributed by atoms with Crippen LogP contribution in [0.2, 0.25) is 0 Å². The van der Waals surface area contributed by atoms with Crippen LogP contribution in [0.4, 0.5) is 0 Å². The van der Waals surface area contributed by atoms with Crippen molar-refractivity contribution in [1.82, 2.24) is 4.98 Å². The number of aryl methyl sites for hydroxylation is 1. The van der Waals surface area contributed by atoms with Crippen molar-refractivity contribution in [3.8, 4) is 5.75 Å². The summed E-state index contributed by atoms with van der Waals surface area (Å²) in [7, 11) is 1.68. The van der Waals surface area contributed by atoms with Gasteiger partial charge in [0.2, 0.25) is 0 Å². The van der Waals surface area contributed by atoms with Gasteiger partial charge in [-0.2, -0.15) is 0 Å². The first kappa shape index (κ1) is 15.0. The molecule has 0 bridgehead atoms. The molecule has 0 fully saturated rings. The van der Waals surface area contributed by atoms with Crippen molar-refractivity contribution in [1.29, 1.82) is 0 Å². The molecule has 0 aliphatic heterocycles. The van der Waals surface area contributed by atoms with E-state index in [4.69, 9.17) is 15.5 Å². The second kappa shape index (κ2) is 5.94. The summed E-state index contributed by atoms with van der Waals surface area (Å²) in [5.41, 5.74) is 8.28. The van der Waals surface area contributed by atoms with Crippen LogP contribution in [0.15, 0.2) is 24.3 Å². The molecule has 0 spiro atoms. The Morgan fingerprint density at radius 2 is 1.90 bits per heavy atom. The summed E-state index contributed by atoms with van der Waals surface area (Å²) < 4.78 is 5.18. The van der Waals surface area contributed by atoms with Crippen molar-refractivity contribution in [2.24, 2.45) is 5.73 Å². The van der Waals surface area contributed by atoms with Gasteiger partial charge in [-0.25, -0.2) is 4.98 Å². The topological polar surface area (TPSA) is 48.1 Å². The highest BCUT2D eigenvalue weighted by atomic mass is 32.1. The Bertz CT molecular complexity index is 567. The van der Waals surface area contributed by atoms with Gasteiger partial charge in [0.05, 0.1) is 17.8 Å². The molecule has 0 atom stereocenters. The summed E-state index contributed by atoms with van der Waals surface area (Å²) >= 11 is 1.73. The molecule has 0 amide bonds. The minimum atomic E-state index is -0.318. The Morgan fingerprint density at radius 3 is 2.35 bits per heavy atom. The summed E-state index contributed by atoms with van der Waals surface area (Å²) in [6.07, 6.45) is 1.77. The Balaban J connectivity index is 2.23. The lowest BCUT2D eigenvalue weighted by Crippen LogP contribution is -2.28.